The minimum atomic E-state index is -4.38. The lowest BCUT2D eigenvalue weighted by Crippen LogP contribution is -2.39. The van der Waals surface area contributed by atoms with Gasteiger partial charge in [-0.3, -0.25) is 9.67 Å². The summed E-state index contributed by atoms with van der Waals surface area (Å²) in [7, 11) is 1.64. The fraction of sp³-hybridized carbons (Fsp3) is 0.500. The second-order valence-electron chi connectivity index (χ2n) is 5.08. The van der Waals surface area contributed by atoms with Crippen molar-refractivity contribution in [2.45, 2.75) is 26.1 Å². The van der Waals surface area contributed by atoms with Gasteiger partial charge in [0, 0.05) is 38.1 Å². The summed E-state index contributed by atoms with van der Waals surface area (Å²) >= 11 is 1.01. The van der Waals surface area contributed by atoms with E-state index in [2.05, 4.69) is 25.7 Å². The minimum Gasteiger partial charge on any atom is -0.356 e. The highest BCUT2D eigenvalue weighted by Gasteiger charge is 2.33. The molecule has 0 fully saturated rings. The van der Waals surface area contributed by atoms with Crippen LogP contribution in [0.3, 0.4) is 0 Å². The molecule has 0 radical (unpaired) electrons. The van der Waals surface area contributed by atoms with E-state index in [9.17, 15) is 13.2 Å². The molecule has 0 bridgehead atoms. The number of nitrogens with zero attached hydrogens (tertiary/aromatic N) is 4. The summed E-state index contributed by atoms with van der Waals surface area (Å²) in [4.78, 5) is 7.66. The molecule has 0 saturated carbocycles. The number of hydrogen-bond donors (Lipinski definition) is 2. The van der Waals surface area contributed by atoms with Gasteiger partial charge in [-0.05, 0) is 12.5 Å². The molecule has 0 amide bonds. The maximum absolute atomic E-state index is 12.5. The summed E-state index contributed by atoms with van der Waals surface area (Å²) in [5, 5.41) is 11.8. The van der Waals surface area contributed by atoms with Crippen LogP contribution < -0.4 is 10.6 Å². The molecule has 0 saturated heterocycles. The first-order valence-electron chi connectivity index (χ1n) is 7.33. The van der Waals surface area contributed by atoms with Crippen molar-refractivity contribution >= 4 is 17.3 Å². The molecule has 2 aromatic rings. The van der Waals surface area contributed by atoms with E-state index in [-0.39, 0.29) is 0 Å². The van der Waals surface area contributed by atoms with E-state index in [4.69, 9.17) is 0 Å². The Morgan fingerprint density at radius 3 is 2.67 bits per heavy atom. The lowest BCUT2D eigenvalue weighted by atomic mass is 10.4. The largest absolute Gasteiger partial charge is 0.434 e. The molecule has 2 aromatic heterocycles. The topological polar surface area (TPSA) is 67.1 Å². The first-order chi connectivity index (χ1) is 11.4. The Balaban J connectivity index is 1.70. The quantitative estimate of drug-likeness (QED) is 0.611. The van der Waals surface area contributed by atoms with Gasteiger partial charge in [0.05, 0.1) is 17.7 Å². The molecule has 0 aliphatic carbocycles. The normalized spacial score (nSPS) is 12.5. The third-order valence-electron chi connectivity index (χ3n) is 3.09. The summed E-state index contributed by atoms with van der Waals surface area (Å²) < 4.78 is 39.3. The van der Waals surface area contributed by atoms with Crippen LogP contribution in [-0.4, -0.2) is 40.9 Å². The van der Waals surface area contributed by atoms with Crippen LogP contribution >= 0.6 is 11.3 Å². The Labute approximate surface area is 141 Å². The van der Waals surface area contributed by atoms with Crippen LogP contribution in [0.25, 0.3) is 0 Å². The number of aryl methyl sites for hydroxylation is 1. The molecule has 132 valence electrons. The first-order valence-corrected chi connectivity index (χ1v) is 8.21. The van der Waals surface area contributed by atoms with Crippen molar-refractivity contribution in [1.29, 1.82) is 0 Å². The van der Waals surface area contributed by atoms with Gasteiger partial charge in [-0.2, -0.15) is 18.3 Å². The molecule has 0 atom stereocenters. The van der Waals surface area contributed by atoms with Crippen molar-refractivity contribution in [3.8, 4) is 0 Å². The fourth-order valence-electron chi connectivity index (χ4n) is 1.94. The molecule has 0 aliphatic rings. The van der Waals surface area contributed by atoms with Gasteiger partial charge in [-0.25, -0.2) is 4.98 Å². The molecule has 2 N–H and O–H groups in total. The second kappa shape index (κ2) is 8.13. The van der Waals surface area contributed by atoms with E-state index in [0.717, 1.165) is 22.3 Å². The van der Waals surface area contributed by atoms with E-state index in [1.54, 1.807) is 13.2 Å². The van der Waals surface area contributed by atoms with Crippen molar-refractivity contribution in [2.75, 3.05) is 20.1 Å². The number of guanidine groups is 1. The van der Waals surface area contributed by atoms with E-state index >= 15 is 0 Å². The van der Waals surface area contributed by atoms with Gasteiger partial charge in [-0.15, -0.1) is 11.3 Å². The van der Waals surface area contributed by atoms with Crippen LogP contribution in [0.4, 0.5) is 13.2 Å². The SMILES string of the molecule is CN=C(NCCc1nc(C(F)(F)F)cs1)NCCn1cc(C)cn1. The molecule has 24 heavy (non-hydrogen) atoms. The van der Waals surface area contributed by atoms with Gasteiger partial charge in [-0.1, -0.05) is 0 Å². The standard InChI is InChI=1S/C14H19F3N6S/c1-10-7-21-23(8-10)6-5-20-13(18-2)19-4-3-12-22-11(9-24-12)14(15,16)17/h7-9H,3-6H2,1-2H3,(H2,18,19,20). The van der Waals surface area contributed by atoms with Crippen LogP contribution in [0.15, 0.2) is 22.8 Å². The second-order valence-corrected chi connectivity index (χ2v) is 6.02. The first kappa shape index (κ1) is 18.2. The number of thiazole rings is 1. The van der Waals surface area contributed by atoms with Gasteiger partial charge in [0.25, 0.3) is 0 Å². The lowest BCUT2D eigenvalue weighted by molar-refractivity contribution is -0.140. The number of halogens is 3. The molecule has 0 aromatic carbocycles. The summed E-state index contributed by atoms with van der Waals surface area (Å²) in [6.45, 7) is 3.75. The third kappa shape index (κ3) is 5.52. The number of aliphatic imine (C=N–C) groups is 1. The average Bonchev–Trinajstić information content (AvgIpc) is 3.14. The van der Waals surface area contributed by atoms with Gasteiger partial charge in [0.15, 0.2) is 11.7 Å². The monoisotopic (exact) mass is 360 g/mol. The van der Waals surface area contributed by atoms with Crippen LogP contribution in [0.1, 0.15) is 16.3 Å². The highest BCUT2D eigenvalue weighted by atomic mass is 32.1. The number of nitrogens with one attached hydrogen (secondary N) is 2. The Morgan fingerprint density at radius 2 is 2.08 bits per heavy atom. The van der Waals surface area contributed by atoms with Crippen molar-refractivity contribution < 1.29 is 13.2 Å². The summed E-state index contributed by atoms with van der Waals surface area (Å²) in [5.41, 5.74) is 0.263. The maximum atomic E-state index is 12.5. The third-order valence-corrected chi connectivity index (χ3v) is 4.00. The Kier molecular flexibility index (Phi) is 6.18. The molecular formula is C14H19F3N6S. The Morgan fingerprint density at radius 1 is 1.33 bits per heavy atom. The van der Waals surface area contributed by atoms with Crippen LogP contribution in [0.2, 0.25) is 0 Å². The maximum Gasteiger partial charge on any atom is 0.434 e. The molecule has 0 spiro atoms. The van der Waals surface area contributed by atoms with E-state index < -0.39 is 11.9 Å². The molecule has 2 heterocycles. The zero-order valence-electron chi connectivity index (χ0n) is 13.4. The fourth-order valence-corrected chi connectivity index (χ4v) is 2.75. The van der Waals surface area contributed by atoms with E-state index in [1.807, 2.05) is 17.8 Å². The highest BCUT2D eigenvalue weighted by Crippen LogP contribution is 2.29. The number of aromatic nitrogens is 3. The minimum absolute atomic E-state index is 0.403. The van der Waals surface area contributed by atoms with E-state index in [1.165, 1.54) is 0 Å². The number of alkyl halides is 3. The van der Waals surface area contributed by atoms with Crippen molar-refractivity contribution in [1.82, 2.24) is 25.4 Å². The Bertz CT molecular complexity index is 676. The predicted octanol–water partition coefficient (Wildman–Crippen LogP) is 2.07. The van der Waals surface area contributed by atoms with Gasteiger partial charge in [0.1, 0.15) is 0 Å². The molecule has 0 aliphatic heterocycles. The van der Waals surface area contributed by atoms with Crippen molar-refractivity contribution in [3.05, 3.63) is 34.0 Å². The van der Waals surface area contributed by atoms with Gasteiger partial charge in [0.2, 0.25) is 0 Å². The summed E-state index contributed by atoms with van der Waals surface area (Å²) in [6, 6.07) is 0. The number of rotatable bonds is 6. The summed E-state index contributed by atoms with van der Waals surface area (Å²) in [6.07, 6.45) is -0.251. The molecule has 0 unspecified atom stereocenters. The van der Waals surface area contributed by atoms with Crippen LogP contribution in [-0.2, 0) is 19.1 Å². The molecule has 10 heteroatoms. The number of hydrogen-bond acceptors (Lipinski definition) is 4. The van der Waals surface area contributed by atoms with Crippen molar-refractivity contribution in [2.24, 2.45) is 4.99 Å². The van der Waals surface area contributed by atoms with Gasteiger partial charge < -0.3 is 10.6 Å². The predicted molar refractivity (Wildman–Crippen MR) is 87.1 cm³/mol. The Hall–Kier alpha value is -2.10. The highest BCUT2D eigenvalue weighted by molar-refractivity contribution is 7.09. The lowest BCUT2D eigenvalue weighted by Gasteiger charge is -2.11. The van der Waals surface area contributed by atoms with Crippen molar-refractivity contribution in [3.63, 3.8) is 0 Å². The molecular weight excluding hydrogens is 341 g/mol. The molecule has 6 nitrogen and oxygen atoms in total. The average molecular weight is 360 g/mol. The van der Waals surface area contributed by atoms with Crippen LogP contribution in [0, 0.1) is 6.92 Å². The zero-order chi connectivity index (χ0) is 17.6. The van der Waals surface area contributed by atoms with E-state index in [0.29, 0.717) is 37.0 Å². The van der Waals surface area contributed by atoms with Crippen LogP contribution in [0.5, 0.6) is 0 Å². The zero-order valence-corrected chi connectivity index (χ0v) is 14.2. The smallest absolute Gasteiger partial charge is 0.356 e. The van der Waals surface area contributed by atoms with Gasteiger partial charge >= 0.3 is 6.18 Å². The summed E-state index contributed by atoms with van der Waals surface area (Å²) in [5.74, 6) is 0.589. The molecule has 2 rings (SSSR count).